The van der Waals surface area contributed by atoms with Crippen LogP contribution in [0.15, 0.2) is 28.5 Å². The second-order valence-corrected chi connectivity index (χ2v) is 5.63. The molecule has 0 aromatic carbocycles. The van der Waals surface area contributed by atoms with Gasteiger partial charge in [-0.1, -0.05) is 6.07 Å². The molecule has 2 heterocycles. The van der Waals surface area contributed by atoms with Crippen LogP contribution in [0.5, 0.6) is 0 Å². The smallest absolute Gasteiger partial charge is 0.266 e. The maximum Gasteiger partial charge on any atom is 0.266 e. The molecule has 0 spiro atoms. The third kappa shape index (κ3) is 2.52. The van der Waals surface area contributed by atoms with Crippen molar-refractivity contribution in [1.82, 2.24) is 9.55 Å². The highest BCUT2D eigenvalue weighted by Crippen LogP contribution is 2.10. The van der Waals surface area contributed by atoms with Crippen LogP contribution >= 0.6 is 33.9 Å². The lowest BCUT2D eigenvalue weighted by atomic mass is 10.3. The number of aromatic nitrogens is 2. The second-order valence-electron chi connectivity index (χ2n) is 3.44. The standard InChI is InChI=1S/C11H11IN2OS/c1-8-13-7-10(12)11(15)14(8)5-4-9-3-2-6-16-9/h2-3,6-7H,4-5H2,1H3. The average Bonchev–Trinajstić information content (AvgIpc) is 2.77. The molecule has 84 valence electrons. The van der Waals surface area contributed by atoms with Crippen LogP contribution in [0.4, 0.5) is 0 Å². The third-order valence-electron chi connectivity index (χ3n) is 2.37. The molecule has 2 aromatic rings. The summed E-state index contributed by atoms with van der Waals surface area (Å²) in [5.74, 6) is 0.780. The van der Waals surface area contributed by atoms with E-state index in [9.17, 15) is 4.79 Å². The molecule has 2 rings (SSSR count). The van der Waals surface area contributed by atoms with Gasteiger partial charge in [0, 0.05) is 17.6 Å². The van der Waals surface area contributed by atoms with Crippen LogP contribution < -0.4 is 5.56 Å². The first-order chi connectivity index (χ1) is 7.68. The van der Waals surface area contributed by atoms with Gasteiger partial charge in [-0.15, -0.1) is 11.3 Å². The van der Waals surface area contributed by atoms with E-state index >= 15 is 0 Å². The molecule has 0 aliphatic rings. The van der Waals surface area contributed by atoms with Crippen LogP contribution in [-0.4, -0.2) is 9.55 Å². The maximum absolute atomic E-state index is 11.9. The molecule has 0 aliphatic heterocycles. The van der Waals surface area contributed by atoms with Crippen LogP contribution in [0.25, 0.3) is 0 Å². The Kier molecular flexibility index (Phi) is 3.75. The van der Waals surface area contributed by atoms with Gasteiger partial charge in [0.25, 0.3) is 5.56 Å². The lowest BCUT2D eigenvalue weighted by Gasteiger charge is -2.08. The number of hydrogen-bond acceptors (Lipinski definition) is 3. The first-order valence-corrected chi connectivity index (χ1v) is 6.88. The van der Waals surface area contributed by atoms with Gasteiger partial charge in [-0.3, -0.25) is 9.36 Å². The summed E-state index contributed by atoms with van der Waals surface area (Å²) in [6.45, 7) is 2.57. The lowest BCUT2D eigenvalue weighted by molar-refractivity contribution is 0.629. The highest BCUT2D eigenvalue weighted by molar-refractivity contribution is 14.1. The molecule has 0 bridgehead atoms. The molecule has 5 heteroatoms. The molecule has 0 atom stereocenters. The van der Waals surface area contributed by atoms with Gasteiger partial charge in [-0.2, -0.15) is 0 Å². The SMILES string of the molecule is Cc1ncc(I)c(=O)n1CCc1cccs1. The monoisotopic (exact) mass is 346 g/mol. The molecular formula is C11H11IN2OS. The van der Waals surface area contributed by atoms with Crippen molar-refractivity contribution in [3.05, 3.63) is 48.3 Å². The van der Waals surface area contributed by atoms with Gasteiger partial charge in [0.2, 0.25) is 0 Å². The van der Waals surface area contributed by atoms with Crippen molar-refractivity contribution in [3.63, 3.8) is 0 Å². The fourth-order valence-electron chi connectivity index (χ4n) is 1.49. The normalized spacial score (nSPS) is 10.6. The van der Waals surface area contributed by atoms with E-state index in [4.69, 9.17) is 0 Å². The Morgan fingerprint density at radius 1 is 1.56 bits per heavy atom. The summed E-state index contributed by atoms with van der Waals surface area (Å²) in [6.07, 6.45) is 2.51. The number of hydrogen-bond donors (Lipinski definition) is 0. The van der Waals surface area contributed by atoms with Crippen LogP contribution in [0.3, 0.4) is 0 Å². The summed E-state index contributed by atoms with van der Waals surface area (Å²) in [5.41, 5.74) is 0.0599. The molecular weight excluding hydrogens is 335 g/mol. The summed E-state index contributed by atoms with van der Waals surface area (Å²) in [6, 6.07) is 4.12. The Bertz CT molecular complexity index is 533. The average molecular weight is 346 g/mol. The highest BCUT2D eigenvalue weighted by atomic mass is 127. The van der Waals surface area contributed by atoms with Gasteiger partial charge >= 0.3 is 0 Å². The number of nitrogens with zero attached hydrogens (tertiary/aromatic N) is 2. The van der Waals surface area contributed by atoms with Crippen LogP contribution in [0.2, 0.25) is 0 Å². The zero-order valence-electron chi connectivity index (χ0n) is 8.81. The molecule has 0 N–H and O–H groups in total. The van der Waals surface area contributed by atoms with E-state index in [0.717, 1.165) is 12.2 Å². The zero-order chi connectivity index (χ0) is 11.5. The molecule has 16 heavy (non-hydrogen) atoms. The van der Waals surface area contributed by atoms with Crippen molar-refractivity contribution in [2.45, 2.75) is 19.9 Å². The maximum atomic E-state index is 11.9. The van der Waals surface area contributed by atoms with Crippen molar-refractivity contribution < 1.29 is 0 Å². The van der Waals surface area contributed by atoms with Gasteiger partial charge < -0.3 is 0 Å². The fraction of sp³-hybridized carbons (Fsp3) is 0.273. The topological polar surface area (TPSA) is 34.9 Å². The Hall–Kier alpha value is -0.690. The number of aryl methyl sites for hydroxylation is 2. The first kappa shape index (κ1) is 11.8. The summed E-state index contributed by atoms with van der Waals surface area (Å²) >= 11 is 3.75. The molecule has 0 aliphatic carbocycles. The number of thiophene rings is 1. The molecule has 0 radical (unpaired) electrons. The van der Waals surface area contributed by atoms with Crippen LogP contribution in [-0.2, 0) is 13.0 Å². The van der Waals surface area contributed by atoms with Crippen molar-refractivity contribution in [2.24, 2.45) is 0 Å². The minimum Gasteiger partial charge on any atom is -0.296 e. The predicted molar refractivity (Wildman–Crippen MR) is 74.0 cm³/mol. The molecule has 2 aromatic heterocycles. The minimum atomic E-state index is 0.0599. The van der Waals surface area contributed by atoms with E-state index in [-0.39, 0.29) is 5.56 Å². The van der Waals surface area contributed by atoms with E-state index < -0.39 is 0 Å². The van der Waals surface area contributed by atoms with Crippen LogP contribution in [0, 0.1) is 10.5 Å². The van der Waals surface area contributed by atoms with Crippen LogP contribution in [0.1, 0.15) is 10.7 Å². The largest absolute Gasteiger partial charge is 0.296 e. The number of rotatable bonds is 3. The van der Waals surface area contributed by atoms with Gasteiger partial charge in [0.1, 0.15) is 5.82 Å². The predicted octanol–water partition coefficient (Wildman–Crippen LogP) is 2.46. The third-order valence-corrected chi connectivity index (χ3v) is 4.04. The Morgan fingerprint density at radius 2 is 2.38 bits per heavy atom. The van der Waals surface area contributed by atoms with E-state index in [1.54, 1.807) is 22.1 Å². The van der Waals surface area contributed by atoms with Gasteiger partial charge in [0.15, 0.2) is 0 Å². The molecule has 3 nitrogen and oxygen atoms in total. The second kappa shape index (κ2) is 5.09. The zero-order valence-corrected chi connectivity index (χ0v) is 11.8. The van der Waals surface area contributed by atoms with Gasteiger partial charge in [-0.25, -0.2) is 4.98 Å². The van der Waals surface area contributed by atoms with E-state index in [1.165, 1.54) is 4.88 Å². The molecule has 0 saturated carbocycles. The van der Waals surface area contributed by atoms with Crippen molar-refractivity contribution in [1.29, 1.82) is 0 Å². The summed E-state index contributed by atoms with van der Waals surface area (Å²) in [7, 11) is 0. The van der Waals surface area contributed by atoms with E-state index in [2.05, 4.69) is 16.4 Å². The highest BCUT2D eigenvalue weighted by Gasteiger charge is 2.05. The van der Waals surface area contributed by atoms with Crippen molar-refractivity contribution >= 4 is 33.9 Å². The molecule has 0 saturated heterocycles. The van der Waals surface area contributed by atoms with Gasteiger partial charge in [0.05, 0.1) is 3.57 Å². The first-order valence-electron chi connectivity index (χ1n) is 4.93. The van der Waals surface area contributed by atoms with E-state index in [0.29, 0.717) is 10.1 Å². The molecule has 0 unspecified atom stereocenters. The Labute approximate surface area is 111 Å². The van der Waals surface area contributed by atoms with E-state index in [1.807, 2.05) is 35.6 Å². The summed E-state index contributed by atoms with van der Waals surface area (Å²) < 4.78 is 2.41. The summed E-state index contributed by atoms with van der Waals surface area (Å²) in [5, 5.41) is 2.05. The molecule has 0 fully saturated rings. The van der Waals surface area contributed by atoms with Gasteiger partial charge in [-0.05, 0) is 47.4 Å². The fourth-order valence-corrected chi connectivity index (χ4v) is 2.62. The lowest BCUT2D eigenvalue weighted by Crippen LogP contribution is -2.26. The quantitative estimate of drug-likeness (QED) is 0.801. The Balaban J connectivity index is 2.21. The minimum absolute atomic E-state index is 0.0599. The summed E-state index contributed by atoms with van der Waals surface area (Å²) in [4.78, 5) is 17.4. The Morgan fingerprint density at radius 3 is 3.06 bits per heavy atom. The van der Waals surface area contributed by atoms with Crippen molar-refractivity contribution in [2.75, 3.05) is 0 Å². The van der Waals surface area contributed by atoms with Crippen molar-refractivity contribution in [3.8, 4) is 0 Å². The molecule has 0 amide bonds. The number of halogens is 1.